The van der Waals surface area contributed by atoms with Crippen LogP contribution in [0.4, 0.5) is 0 Å². The Morgan fingerprint density at radius 1 is 1.33 bits per heavy atom. The van der Waals surface area contributed by atoms with Crippen molar-refractivity contribution >= 4 is 0 Å². The van der Waals surface area contributed by atoms with Crippen molar-refractivity contribution < 1.29 is 14.7 Å². The molecule has 2 aliphatic rings. The summed E-state index contributed by atoms with van der Waals surface area (Å²) < 4.78 is 5.50. The van der Waals surface area contributed by atoms with Crippen molar-refractivity contribution in [2.75, 3.05) is 0 Å². The molecule has 0 bridgehead atoms. The van der Waals surface area contributed by atoms with Crippen LogP contribution >= 0.6 is 0 Å². The van der Waals surface area contributed by atoms with Gasteiger partial charge in [0.15, 0.2) is 6.29 Å². The van der Waals surface area contributed by atoms with Crippen molar-refractivity contribution in [2.45, 2.75) is 50.8 Å². The fourth-order valence-corrected chi connectivity index (χ4v) is 2.93. The molecule has 2 saturated heterocycles. The number of hydrogen-bond donors (Lipinski definition) is 1. The maximum Gasteiger partial charge on any atom is 0.156 e. The average Bonchev–Trinajstić information content (AvgIpc) is 2.89. The molecule has 0 aliphatic carbocycles. The van der Waals surface area contributed by atoms with Gasteiger partial charge in [-0.25, -0.2) is 0 Å². The molecule has 5 atom stereocenters. The Hall–Kier alpha value is -0.940. The lowest BCUT2D eigenvalue weighted by Gasteiger charge is -2.27. The average molecular weight is 249 g/mol. The highest BCUT2D eigenvalue weighted by atomic mass is 16.7. The third-order valence-electron chi connectivity index (χ3n) is 3.88. The Bertz CT molecular complexity index is 411. The molecule has 3 rings (SSSR count). The molecule has 18 heavy (non-hydrogen) atoms. The zero-order chi connectivity index (χ0) is 12.7. The number of rotatable bonds is 2. The van der Waals surface area contributed by atoms with Crippen molar-refractivity contribution in [1.82, 2.24) is 5.06 Å². The SMILES string of the molecule is C[C@H]1ON([C@@H](C)c2ccccc2)[C@H]2CC(O)O[C@@H]12. The van der Waals surface area contributed by atoms with E-state index in [1.54, 1.807) is 0 Å². The summed E-state index contributed by atoms with van der Waals surface area (Å²) in [5.41, 5.74) is 1.21. The van der Waals surface area contributed by atoms with E-state index in [4.69, 9.17) is 9.57 Å². The molecule has 2 heterocycles. The molecule has 0 amide bonds. The largest absolute Gasteiger partial charge is 0.368 e. The van der Waals surface area contributed by atoms with E-state index in [9.17, 15) is 5.11 Å². The standard InChI is InChI=1S/C14H19NO3/c1-9(11-6-4-3-5-7-11)15-12-8-13(16)17-14(12)10(2)18-15/h3-7,9-10,12-14,16H,8H2,1-2H3/t9-,10+,12-,13?,14-/m0/s1. The van der Waals surface area contributed by atoms with Gasteiger partial charge >= 0.3 is 0 Å². The molecular formula is C14H19NO3. The van der Waals surface area contributed by atoms with Crippen LogP contribution in [0.2, 0.25) is 0 Å². The van der Waals surface area contributed by atoms with E-state index in [1.165, 1.54) is 5.56 Å². The molecule has 0 saturated carbocycles. The second-order valence-electron chi connectivity index (χ2n) is 5.12. The summed E-state index contributed by atoms with van der Waals surface area (Å²) in [6.07, 6.45) is -0.0621. The Kier molecular flexibility index (Phi) is 3.11. The molecule has 98 valence electrons. The molecular weight excluding hydrogens is 230 g/mol. The Labute approximate surface area is 107 Å². The van der Waals surface area contributed by atoms with Gasteiger partial charge in [-0.05, 0) is 19.4 Å². The summed E-state index contributed by atoms with van der Waals surface area (Å²) in [5, 5.41) is 11.6. The predicted octanol–water partition coefficient (Wildman–Crippen LogP) is 1.86. The van der Waals surface area contributed by atoms with Gasteiger partial charge in [0.25, 0.3) is 0 Å². The zero-order valence-corrected chi connectivity index (χ0v) is 10.7. The molecule has 1 unspecified atom stereocenters. The summed E-state index contributed by atoms with van der Waals surface area (Å²) in [5.74, 6) is 0. The summed E-state index contributed by atoms with van der Waals surface area (Å²) in [6, 6.07) is 10.6. The number of aliphatic hydroxyl groups is 1. The Morgan fingerprint density at radius 2 is 2.06 bits per heavy atom. The number of hydrogen-bond acceptors (Lipinski definition) is 4. The van der Waals surface area contributed by atoms with Crippen LogP contribution in [0, 0.1) is 0 Å². The molecule has 4 nitrogen and oxygen atoms in total. The molecule has 1 N–H and O–H groups in total. The fraction of sp³-hybridized carbons (Fsp3) is 0.571. The monoisotopic (exact) mass is 249 g/mol. The van der Waals surface area contributed by atoms with Gasteiger partial charge in [0.2, 0.25) is 0 Å². The fourth-order valence-electron chi connectivity index (χ4n) is 2.93. The lowest BCUT2D eigenvalue weighted by atomic mass is 10.0. The summed E-state index contributed by atoms with van der Waals surface area (Å²) in [6.45, 7) is 4.11. The van der Waals surface area contributed by atoms with Crippen molar-refractivity contribution in [1.29, 1.82) is 0 Å². The van der Waals surface area contributed by atoms with E-state index in [1.807, 2.05) is 30.2 Å². The minimum atomic E-state index is -0.656. The summed E-state index contributed by atoms with van der Waals surface area (Å²) in [4.78, 5) is 5.89. The first-order valence-corrected chi connectivity index (χ1v) is 6.50. The van der Waals surface area contributed by atoms with Crippen LogP contribution in [0.1, 0.15) is 31.9 Å². The first-order chi connectivity index (χ1) is 8.66. The van der Waals surface area contributed by atoms with Crippen LogP contribution in [-0.4, -0.2) is 34.7 Å². The predicted molar refractivity (Wildman–Crippen MR) is 66.5 cm³/mol. The molecule has 4 heteroatoms. The van der Waals surface area contributed by atoms with Gasteiger partial charge in [-0.1, -0.05) is 30.3 Å². The van der Waals surface area contributed by atoms with Gasteiger partial charge < -0.3 is 9.84 Å². The second kappa shape index (κ2) is 4.63. The number of nitrogens with zero attached hydrogens (tertiary/aromatic N) is 1. The number of aliphatic hydroxyl groups excluding tert-OH is 1. The molecule has 1 aromatic rings. The van der Waals surface area contributed by atoms with Gasteiger partial charge in [0, 0.05) is 6.42 Å². The van der Waals surface area contributed by atoms with Crippen molar-refractivity contribution in [2.24, 2.45) is 0 Å². The first-order valence-electron chi connectivity index (χ1n) is 6.50. The van der Waals surface area contributed by atoms with Crippen LogP contribution in [0.5, 0.6) is 0 Å². The van der Waals surface area contributed by atoms with E-state index in [0.717, 1.165) is 0 Å². The number of ether oxygens (including phenoxy) is 1. The number of fused-ring (bicyclic) bond motifs is 1. The van der Waals surface area contributed by atoms with E-state index in [0.29, 0.717) is 6.42 Å². The van der Waals surface area contributed by atoms with Crippen molar-refractivity contribution in [3.05, 3.63) is 35.9 Å². The summed E-state index contributed by atoms with van der Waals surface area (Å²) in [7, 11) is 0. The molecule has 0 radical (unpaired) electrons. The van der Waals surface area contributed by atoms with Gasteiger partial charge in [0.05, 0.1) is 12.1 Å². The number of hydroxylamine groups is 2. The second-order valence-corrected chi connectivity index (χ2v) is 5.12. The Morgan fingerprint density at radius 3 is 2.78 bits per heavy atom. The minimum Gasteiger partial charge on any atom is -0.368 e. The van der Waals surface area contributed by atoms with E-state index >= 15 is 0 Å². The maximum absolute atomic E-state index is 9.62. The van der Waals surface area contributed by atoms with Gasteiger partial charge in [0.1, 0.15) is 12.2 Å². The molecule has 0 aromatic heterocycles. The van der Waals surface area contributed by atoms with Crippen LogP contribution < -0.4 is 0 Å². The van der Waals surface area contributed by atoms with Gasteiger partial charge in [-0.15, -0.1) is 0 Å². The zero-order valence-electron chi connectivity index (χ0n) is 10.7. The van der Waals surface area contributed by atoms with Crippen LogP contribution in [0.15, 0.2) is 30.3 Å². The smallest absolute Gasteiger partial charge is 0.156 e. The van der Waals surface area contributed by atoms with E-state index in [2.05, 4.69) is 19.1 Å². The van der Waals surface area contributed by atoms with E-state index in [-0.39, 0.29) is 24.3 Å². The first kappa shape index (κ1) is 12.1. The normalized spacial score (nSPS) is 37.7. The maximum atomic E-state index is 9.62. The van der Waals surface area contributed by atoms with Gasteiger partial charge in [-0.3, -0.25) is 4.84 Å². The quantitative estimate of drug-likeness (QED) is 0.868. The van der Waals surface area contributed by atoms with Crippen LogP contribution in [0.3, 0.4) is 0 Å². The third kappa shape index (κ3) is 1.95. The lowest BCUT2D eigenvalue weighted by Crippen LogP contribution is -2.33. The molecule has 0 spiro atoms. The highest BCUT2D eigenvalue weighted by molar-refractivity contribution is 5.18. The molecule has 2 aliphatic heterocycles. The lowest BCUT2D eigenvalue weighted by molar-refractivity contribution is -0.202. The summed E-state index contributed by atoms with van der Waals surface area (Å²) >= 11 is 0. The number of benzene rings is 1. The highest BCUT2D eigenvalue weighted by Gasteiger charge is 2.50. The van der Waals surface area contributed by atoms with Crippen LogP contribution in [0.25, 0.3) is 0 Å². The molecule has 2 fully saturated rings. The van der Waals surface area contributed by atoms with Crippen LogP contribution in [-0.2, 0) is 9.57 Å². The van der Waals surface area contributed by atoms with Gasteiger partial charge in [-0.2, -0.15) is 5.06 Å². The van der Waals surface area contributed by atoms with Crippen molar-refractivity contribution in [3.8, 4) is 0 Å². The molecule has 1 aromatic carbocycles. The van der Waals surface area contributed by atoms with E-state index < -0.39 is 6.29 Å². The van der Waals surface area contributed by atoms with Crippen molar-refractivity contribution in [3.63, 3.8) is 0 Å². The highest BCUT2D eigenvalue weighted by Crippen LogP contribution is 2.39. The topological polar surface area (TPSA) is 41.9 Å². The third-order valence-corrected chi connectivity index (χ3v) is 3.88. The minimum absolute atomic E-state index is 0.00156. The Balaban J connectivity index is 1.81.